The normalized spacial score (nSPS) is 7.50. The second-order valence-corrected chi connectivity index (χ2v) is 1.03. The zero-order valence-electron chi connectivity index (χ0n) is 4.97. The van der Waals surface area contributed by atoms with Crippen LogP contribution in [-0.2, 0) is 0 Å². The van der Waals surface area contributed by atoms with Gasteiger partial charge in [0.15, 0.2) is 0 Å². The van der Waals surface area contributed by atoms with Crippen LogP contribution < -0.4 is 53.3 Å². The van der Waals surface area contributed by atoms with Crippen molar-refractivity contribution in [1.82, 2.24) is 5.12 Å². The largest absolute Gasteiger partial charge is 1.00 e. The summed E-state index contributed by atoms with van der Waals surface area (Å²) in [5.74, 6) is 9.87. The van der Waals surface area contributed by atoms with Crippen molar-refractivity contribution in [2.24, 2.45) is 17.4 Å². The summed E-state index contributed by atoms with van der Waals surface area (Å²) in [5, 5.41) is 1.06. The zero-order valence-corrected chi connectivity index (χ0v) is 6.56. The summed E-state index contributed by atoms with van der Waals surface area (Å²) in [4.78, 5) is 0. The van der Waals surface area contributed by atoms with Crippen molar-refractivity contribution in [2.75, 3.05) is 13.1 Å². The minimum Gasteiger partial charge on any atom is -1.00 e. The number of hydrogen-bond donors (Lipinski definition) is 3. The maximum absolute atomic E-state index is 5.03. The number of rotatable bonds is 2. The van der Waals surface area contributed by atoms with E-state index in [2.05, 4.69) is 0 Å². The third-order valence-electron chi connectivity index (χ3n) is 0.387. The van der Waals surface area contributed by atoms with E-state index in [-0.39, 0.29) is 35.8 Å². The van der Waals surface area contributed by atoms with E-state index in [1.54, 1.807) is 0 Å². The molecule has 0 amide bonds. The van der Waals surface area contributed by atoms with Gasteiger partial charge in [0.25, 0.3) is 0 Å². The van der Waals surface area contributed by atoms with Crippen LogP contribution in [0.15, 0.2) is 0 Å². The fourth-order valence-corrected chi connectivity index (χ4v) is 0.149. The number of hydrazine groups is 2. The maximum Gasteiger partial charge on any atom is 1.00 e. The Morgan fingerprint density at radius 3 is 1.62 bits per heavy atom. The Morgan fingerprint density at radius 2 is 1.62 bits per heavy atom. The van der Waals surface area contributed by atoms with Gasteiger partial charge < -0.3 is 22.7 Å². The Balaban J connectivity index is -0.000000125. The van der Waals surface area contributed by atoms with E-state index in [1.165, 1.54) is 0 Å². The van der Waals surface area contributed by atoms with Gasteiger partial charge in [-0.1, -0.05) is 0 Å². The first-order valence-electron chi connectivity index (χ1n) is 1.74. The van der Waals surface area contributed by atoms with Crippen LogP contribution in [0.25, 0.3) is 0 Å². The van der Waals surface area contributed by atoms with Gasteiger partial charge in [0.05, 0.1) is 0 Å². The van der Waals surface area contributed by atoms with Crippen molar-refractivity contribution < 1.29 is 35.8 Å². The van der Waals surface area contributed by atoms with Crippen LogP contribution in [0.3, 0.4) is 0 Å². The van der Waals surface area contributed by atoms with Crippen molar-refractivity contribution in [3.05, 3.63) is 0 Å². The van der Waals surface area contributed by atoms with Gasteiger partial charge in [-0.25, -0.2) is 0 Å². The first-order chi connectivity index (χ1) is 2.77. The van der Waals surface area contributed by atoms with Crippen LogP contribution in [0.1, 0.15) is 0 Å². The summed E-state index contributed by atoms with van der Waals surface area (Å²) >= 11 is 0. The summed E-state index contributed by atoms with van der Waals surface area (Å²) in [6.45, 7) is 1.05. The molecule has 0 aromatic heterocycles. The molecule has 6 N–H and O–H groups in total. The Kier molecular flexibility index (Phi) is 21.6. The summed E-state index contributed by atoms with van der Waals surface area (Å²) in [6, 6.07) is 0. The number of nitrogens with zero attached hydrogens (tertiary/aromatic N) is 1. The molecule has 0 atom stereocenters. The number of halogens is 1. The minimum atomic E-state index is 0. The standard InChI is InChI=1S/C2H10N4.BrH.Li/c3-1-2-6(4)5;;/h1-5H2;1H;/q;;+1/p-1. The predicted molar refractivity (Wildman–Crippen MR) is 24.1 cm³/mol. The topological polar surface area (TPSA) is 81.3 Å². The molecule has 0 aromatic carbocycles. The fraction of sp³-hybridized carbons (Fsp3) is 1.00. The molecular weight excluding hydrogens is 167 g/mol. The van der Waals surface area contributed by atoms with E-state index in [0.717, 1.165) is 5.12 Å². The third kappa shape index (κ3) is 15.8. The van der Waals surface area contributed by atoms with Gasteiger partial charge in [-0.2, -0.15) is 5.12 Å². The fourth-order valence-electron chi connectivity index (χ4n) is 0.149. The van der Waals surface area contributed by atoms with E-state index in [4.69, 9.17) is 17.4 Å². The Labute approximate surface area is 71.6 Å². The Morgan fingerprint density at radius 1 is 1.25 bits per heavy atom. The van der Waals surface area contributed by atoms with E-state index in [1.807, 2.05) is 0 Å². The molecule has 0 saturated carbocycles. The molecule has 0 aliphatic carbocycles. The summed E-state index contributed by atoms with van der Waals surface area (Å²) in [6.07, 6.45) is 0. The summed E-state index contributed by atoms with van der Waals surface area (Å²) < 4.78 is 0. The monoisotopic (exact) mass is 176 g/mol. The van der Waals surface area contributed by atoms with Gasteiger partial charge in [-0.15, -0.1) is 0 Å². The van der Waals surface area contributed by atoms with E-state index in [9.17, 15) is 0 Å². The molecule has 8 heavy (non-hydrogen) atoms. The van der Waals surface area contributed by atoms with Gasteiger partial charge >= 0.3 is 18.9 Å². The SMILES string of the molecule is NCCN(N)N.[Br-].[Li+]. The maximum atomic E-state index is 5.03. The first kappa shape index (κ1) is 16.0. The molecule has 0 rings (SSSR count). The van der Waals surface area contributed by atoms with E-state index >= 15 is 0 Å². The molecule has 0 aliphatic heterocycles. The van der Waals surface area contributed by atoms with Crippen molar-refractivity contribution in [3.8, 4) is 0 Å². The van der Waals surface area contributed by atoms with Gasteiger partial charge in [0.1, 0.15) is 0 Å². The molecule has 0 spiro atoms. The van der Waals surface area contributed by atoms with Crippen LogP contribution in [0.5, 0.6) is 0 Å². The summed E-state index contributed by atoms with van der Waals surface area (Å²) in [5.41, 5.74) is 5.03. The van der Waals surface area contributed by atoms with Gasteiger partial charge in [-0.3, -0.25) is 11.7 Å². The van der Waals surface area contributed by atoms with Crippen molar-refractivity contribution in [3.63, 3.8) is 0 Å². The van der Waals surface area contributed by atoms with Crippen LogP contribution in [0.2, 0.25) is 0 Å². The molecule has 0 bridgehead atoms. The van der Waals surface area contributed by atoms with Crippen molar-refractivity contribution >= 4 is 0 Å². The Hall–Kier alpha value is 0.917. The molecule has 6 heteroatoms. The average Bonchev–Trinajstić information content (AvgIpc) is 1.35. The molecule has 0 aromatic rings. The number of hydrogen-bond acceptors (Lipinski definition) is 4. The quantitative estimate of drug-likeness (QED) is 0.222. The van der Waals surface area contributed by atoms with Gasteiger partial charge in [0.2, 0.25) is 0 Å². The van der Waals surface area contributed by atoms with E-state index < -0.39 is 0 Å². The number of nitrogens with two attached hydrogens (primary N) is 3. The smallest absolute Gasteiger partial charge is 1.00 e. The second kappa shape index (κ2) is 10.8. The summed E-state index contributed by atoms with van der Waals surface area (Å²) in [7, 11) is 0. The van der Waals surface area contributed by atoms with Crippen LogP contribution in [0, 0.1) is 0 Å². The van der Waals surface area contributed by atoms with Crippen LogP contribution >= 0.6 is 0 Å². The molecule has 0 saturated heterocycles. The molecule has 0 fully saturated rings. The van der Waals surface area contributed by atoms with Crippen molar-refractivity contribution in [1.29, 1.82) is 0 Å². The first-order valence-corrected chi connectivity index (χ1v) is 1.74. The molecule has 46 valence electrons. The molecular formula is C2H10BrLiN4. The van der Waals surface area contributed by atoms with Crippen LogP contribution in [0.4, 0.5) is 0 Å². The minimum absolute atomic E-state index is 0. The van der Waals surface area contributed by atoms with E-state index in [0.29, 0.717) is 13.1 Å². The van der Waals surface area contributed by atoms with Crippen molar-refractivity contribution in [2.45, 2.75) is 0 Å². The average molecular weight is 177 g/mol. The zero-order chi connectivity index (χ0) is 4.99. The molecule has 0 aliphatic rings. The van der Waals surface area contributed by atoms with Gasteiger partial charge in [-0.05, 0) is 0 Å². The predicted octanol–water partition coefficient (Wildman–Crippen LogP) is -8.00. The Bertz CT molecular complexity index is 35.2. The molecule has 0 unspecified atom stereocenters. The van der Waals surface area contributed by atoms with Crippen LogP contribution in [-0.4, -0.2) is 18.2 Å². The molecule has 4 nitrogen and oxygen atoms in total. The second-order valence-electron chi connectivity index (χ2n) is 1.03. The third-order valence-corrected chi connectivity index (χ3v) is 0.387. The molecule has 0 radical (unpaired) electrons. The molecule has 0 heterocycles. The van der Waals surface area contributed by atoms with Gasteiger partial charge in [0, 0.05) is 13.1 Å².